The highest BCUT2D eigenvalue weighted by Gasteiger charge is 2.27. The smallest absolute Gasteiger partial charge is 0.153 e. The summed E-state index contributed by atoms with van der Waals surface area (Å²) in [6.07, 6.45) is 9.10. The van der Waals surface area contributed by atoms with Crippen LogP contribution in [0.5, 0.6) is 5.75 Å². The number of rotatable bonds is 9. The Morgan fingerprint density at radius 3 is 2.29 bits per heavy atom. The van der Waals surface area contributed by atoms with Crippen LogP contribution >= 0.6 is 0 Å². The number of carbonyl (C=O) groups excluding carboxylic acids is 1. The molecule has 1 aromatic rings. The number of phenols is 1. The van der Waals surface area contributed by atoms with Gasteiger partial charge < -0.3 is 5.11 Å². The lowest BCUT2D eigenvalue weighted by Crippen LogP contribution is -2.22. The Bertz CT molecular complexity index is 465. The topological polar surface area (TPSA) is 37.3 Å². The maximum absolute atomic E-state index is 11.2. The second kappa shape index (κ2) is 8.21. The average Bonchev–Trinajstić information content (AvgIpc) is 2.48. The molecule has 0 bridgehead atoms. The van der Waals surface area contributed by atoms with E-state index in [-0.39, 0.29) is 11.2 Å². The highest BCUT2D eigenvalue weighted by Crippen LogP contribution is 2.38. The van der Waals surface area contributed by atoms with Gasteiger partial charge in [-0.15, -0.1) is 0 Å². The summed E-state index contributed by atoms with van der Waals surface area (Å²) in [7, 11) is 0. The third-order valence-corrected chi connectivity index (χ3v) is 4.57. The second-order valence-electron chi connectivity index (χ2n) is 6.47. The molecule has 0 saturated heterocycles. The van der Waals surface area contributed by atoms with Crippen molar-refractivity contribution in [3.63, 3.8) is 0 Å². The van der Waals surface area contributed by atoms with Crippen LogP contribution in [0.25, 0.3) is 0 Å². The molecule has 0 fully saturated rings. The highest BCUT2D eigenvalue weighted by molar-refractivity contribution is 5.80. The van der Waals surface area contributed by atoms with Gasteiger partial charge in [-0.05, 0) is 42.4 Å². The molecule has 0 aromatic heterocycles. The van der Waals surface area contributed by atoms with Crippen LogP contribution < -0.4 is 0 Å². The molecule has 0 spiro atoms. The first kappa shape index (κ1) is 17.7. The van der Waals surface area contributed by atoms with Crippen molar-refractivity contribution in [2.24, 2.45) is 0 Å². The Labute approximate surface area is 129 Å². The van der Waals surface area contributed by atoms with Gasteiger partial charge in [-0.1, -0.05) is 58.9 Å². The average molecular weight is 290 g/mol. The number of hydrogen-bond acceptors (Lipinski definition) is 2. The van der Waals surface area contributed by atoms with Gasteiger partial charge in [0.05, 0.1) is 5.56 Å². The molecule has 1 aromatic carbocycles. The van der Waals surface area contributed by atoms with Crippen molar-refractivity contribution in [1.82, 2.24) is 0 Å². The van der Waals surface area contributed by atoms with E-state index < -0.39 is 0 Å². The largest absolute Gasteiger partial charge is 0.507 e. The molecule has 0 saturated carbocycles. The zero-order chi connectivity index (χ0) is 15.9. The van der Waals surface area contributed by atoms with Crippen LogP contribution in [-0.4, -0.2) is 11.4 Å². The standard InChI is InChI=1S/C19H30O2/c1-5-7-9-11-19(4,10-8-6-2)17-12-15(3)18(21)16(13-17)14-20/h12-14,21H,5-11H2,1-4H3. The van der Waals surface area contributed by atoms with E-state index in [0.717, 1.165) is 24.7 Å². The molecule has 118 valence electrons. The lowest BCUT2D eigenvalue weighted by atomic mass is 9.73. The minimum absolute atomic E-state index is 0.0986. The van der Waals surface area contributed by atoms with Crippen molar-refractivity contribution in [3.05, 3.63) is 28.8 Å². The molecule has 0 aliphatic rings. The van der Waals surface area contributed by atoms with E-state index >= 15 is 0 Å². The lowest BCUT2D eigenvalue weighted by molar-refractivity contribution is 0.112. The molecule has 0 heterocycles. The van der Waals surface area contributed by atoms with E-state index in [2.05, 4.69) is 26.8 Å². The van der Waals surface area contributed by atoms with Crippen LogP contribution in [-0.2, 0) is 5.41 Å². The van der Waals surface area contributed by atoms with Gasteiger partial charge in [-0.25, -0.2) is 0 Å². The molecule has 1 atom stereocenters. The van der Waals surface area contributed by atoms with Crippen molar-refractivity contribution >= 4 is 6.29 Å². The van der Waals surface area contributed by atoms with E-state index in [4.69, 9.17) is 0 Å². The second-order valence-corrected chi connectivity index (χ2v) is 6.47. The van der Waals surface area contributed by atoms with Crippen molar-refractivity contribution in [1.29, 1.82) is 0 Å². The Morgan fingerprint density at radius 1 is 1.10 bits per heavy atom. The monoisotopic (exact) mass is 290 g/mol. The molecule has 2 nitrogen and oxygen atoms in total. The first-order valence-electron chi connectivity index (χ1n) is 8.27. The SMILES string of the molecule is CCCCCC(C)(CCCC)c1cc(C)c(O)c(C=O)c1. The molecule has 1 unspecified atom stereocenters. The minimum atomic E-state index is 0.0986. The molecule has 1 N–H and O–H groups in total. The molecule has 0 aliphatic carbocycles. The summed E-state index contributed by atoms with van der Waals surface area (Å²) in [5, 5.41) is 9.95. The molecular formula is C19H30O2. The van der Waals surface area contributed by atoms with Gasteiger partial charge in [0.1, 0.15) is 5.75 Å². The summed E-state index contributed by atoms with van der Waals surface area (Å²) in [4.78, 5) is 11.2. The van der Waals surface area contributed by atoms with Crippen molar-refractivity contribution in [2.45, 2.75) is 78.1 Å². The minimum Gasteiger partial charge on any atom is -0.507 e. The maximum Gasteiger partial charge on any atom is 0.153 e. The molecular weight excluding hydrogens is 260 g/mol. The predicted octanol–water partition coefficient (Wildman–Crippen LogP) is 5.54. The Kier molecular flexibility index (Phi) is 6.94. The summed E-state index contributed by atoms with van der Waals surface area (Å²) in [6.45, 7) is 8.61. The third-order valence-electron chi connectivity index (χ3n) is 4.57. The van der Waals surface area contributed by atoms with Crippen LogP contribution in [0.4, 0.5) is 0 Å². The zero-order valence-corrected chi connectivity index (χ0v) is 14.0. The summed E-state index contributed by atoms with van der Waals surface area (Å²) in [6, 6.07) is 3.95. The maximum atomic E-state index is 11.2. The number of aryl methyl sites for hydroxylation is 1. The first-order chi connectivity index (χ1) is 9.98. The predicted molar refractivity (Wildman–Crippen MR) is 89.3 cm³/mol. The van der Waals surface area contributed by atoms with Crippen LogP contribution in [0.15, 0.2) is 12.1 Å². The lowest BCUT2D eigenvalue weighted by Gasteiger charge is -2.31. The van der Waals surface area contributed by atoms with Gasteiger partial charge in [0.15, 0.2) is 6.29 Å². The van der Waals surface area contributed by atoms with Crippen molar-refractivity contribution < 1.29 is 9.90 Å². The van der Waals surface area contributed by atoms with E-state index in [1.807, 2.05) is 13.0 Å². The molecule has 1 rings (SSSR count). The highest BCUT2D eigenvalue weighted by atomic mass is 16.3. The number of carbonyl (C=O) groups is 1. The number of aldehydes is 1. The first-order valence-corrected chi connectivity index (χ1v) is 8.27. The summed E-state index contributed by atoms with van der Waals surface area (Å²) in [5.74, 6) is 0.125. The fraction of sp³-hybridized carbons (Fsp3) is 0.632. The fourth-order valence-electron chi connectivity index (χ4n) is 2.99. The number of phenolic OH excluding ortho intramolecular Hbond substituents is 1. The van der Waals surface area contributed by atoms with E-state index in [1.165, 1.54) is 37.7 Å². The Hall–Kier alpha value is -1.31. The fourth-order valence-corrected chi connectivity index (χ4v) is 2.99. The van der Waals surface area contributed by atoms with E-state index in [0.29, 0.717) is 5.56 Å². The number of benzene rings is 1. The van der Waals surface area contributed by atoms with Crippen LogP contribution in [0.1, 0.15) is 87.2 Å². The van der Waals surface area contributed by atoms with Gasteiger partial charge in [0.2, 0.25) is 0 Å². The van der Waals surface area contributed by atoms with Gasteiger partial charge in [-0.2, -0.15) is 0 Å². The Morgan fingerprint density at radius 2 is 1.71 bits per heavy atom. The van der Waals surface area contributed by atoms with Crippen LogP contribution in [0.2, 0.25) is 0 Å². The molecule has 0 radical (unpaired) electrons. The van der Waals surface area contributed by atoms with Crippen molar-refractivity contribution in [2.75, 3.05) is 0 Å². The van der Waals surface area contributed by atoms with Crippen molar-refractivity contribution in [3.8, 4) is 5.75 Å². The van der Waals surface area contributed by atoms with Gasteiger partial charge >= 0.3 is 0 Å². The zero-order valence-electron chi connectivity index (χ0n) is 14.0. The third kappa shape index (κ3) is 4.59. The van der Waals surface area contributed by atoms with Gasteiger partial charge in [-0.3, -0.25) is 4.79 Å². The van der Waals surface area contributed by atoms with Gasteiger partial charge in [0, 0.05) is 0 Å². The summed E-state index contributed by atoms with van der Waals surface area (Å²) in [5.41, 5.74) is 2.52. The molecule has 2 heteroatoms. The molecule has 21 heavy (non-hydrogen) atoms. The van der Waals surface area contributed by atoms with Gasteiger partial charge in [0.25, 0.3) is 0 Å². The summed E-state index contributed by atoms with van der Waals surface area (Å²) >= 11 is 0. The number of aromatic hydroxyl groups is 1. The van der Waals surface area contributed by atoms with E-state index in [1.54, 1.807) is 0 Å². The molecule has 0 amide bonds. The van der Waals surface area contributed by atoms with Crippen LogP contribution in [0.3, 0.4) is 0 Å². The summed E-state index contributed by atoms with van der Waals surface area (Å²) < 4.78 is 0. The molecule has 0 aliphatic heterocycles. The number of unbranched alkanes of at least 4 members (excludes halogenated alkanes) is 3. The Balaban J connectivity index is 3.12. The van der Waals surface area contributed by atoms with Crippen LogP contribution in [0, 0.1) is 6.92 Å². The quantitative estimate of drug-likeness (QED) is 0.479. The van der Waals surface area contributed by atoms with E-state index in [9.17, 15) is 9.90 Å². The normalized spacial score (nSPS) is 13.9. The number of hydrogen-bond donors (Lipinski definition) is 1.